The second-order valence-electron chi connectivity index (χ2n) is 8.24. The van der Waals surface area contributed by atoms with E-state index >= 15 is 0 Å². The summed E-state index contributed by atoms with van der Waals surface area (Å²) < 4.78 is 17.6. The SMILES string of the molecule is CC1(C)OB(C(=Cc2c(Cl)cncc2Cl)CNC(=O)OCc2ccccc2)OC1(C)C. The molecule has 1 N–H and O–H groups in total. The molecular weight excluding hydrogens is 438 g/mol. The number of carbonyl (C=O) groups is 1. The predicted octanol–water partition coefficient (Wildman–Crippen LogP) is 5.33. The van der Waals surface area contributed by atoms with Crippen LogP contribution in [0, 0.1) is 0 Å². The van der Waals surface area contributed by atoms with Crippen molar-refractivity contribution in [2.24, 2.45) is 0 Å². The lowest BCUT2D eigenvalue weighted by molar-refractivity contribution is 0.00578. The van der Waals surface area contributed by atoms with Crippen molar-refractivity contribution >= 4 is 42.5 Å². The summed E-state index contributed by atoms with van der Waals surface area (Å²) in [6.45, 7) is 8.12. The Hall–Kier alpha value is -2.06. The summed E-state index contributed by atoms with van der Waals surface area (Å²) >= 11 is 12.6. The third-order valence-electron chi connectivity index (χ3n) is 5.43. The molecule has 0 saturated carbocycles. The summed E-state index contributed by atoms with van der Waals surface area (Å²) in [6, 6.07) is 9.45. The van der Waals surface area contributed by atoms with E-state index in [1.54, 1.807) is 6.08 Å². The second-order valence-corrected chi connectivity index (χ2v) is 9.05. The zero-order chi connectivity index (χ0) is 22.6. The average molecular weight is 463 g/mol. The summed E-state index contributed by atoms with van der Waals surface area (Å²) in [5.41, 5.74) is 1.02. The number of alkyl carbamates (subject to hydrolysis) is 1. The van der Waals surface area contributed by atoms with Crippen LogP contribution >= 0.6 is 23.2 Å². The number of benzene rings is 1. The highest BCUT2D eigenvalue weighted by Gasteiger charge is 2.52. The zero-order valence-corrected chi connectivity index (χ0v) is 19.5. The Morgan fingerprint density at radius 2 is 1.68 bits per heavy atom. The fourth-order valence-electron chi connectivity index (χ4n) is 2.89. The van der Waals surface area contributed by atoms with Gasteiger partial charge in [0.1, 0.15) is 6.61 Å². The highest BCUT2D eigenvalue weighted by molar-refractivity contribution is 6.56. The Labute approximate surface area is 193 Å². The maximum Gasteiger partial charge on any atom is 0.492 e. The Kier molecular flexibility index (Phi) is 7.32. The quantitative estimate of drug-likeness (QED) is 0.587. The molecule has 0 bridgehead atoms. The Morgan fingerprint density at radius 1 is 1.10 bits per heavy atom. The summed E-state index contributed by atoms with van der Waals surface area (Å²) in [7, 11) is -0.695. The number of carbonyl (C=O) groups excluding carboxylic acids is 1. The maximum absolute atomic E-state index is 12.3. The first-order valence-electron chi connectivity index (χ1n) is 9.89. The van der Waals surface area contributed by atoms with E-state index in [0.717, 1.165) is 5.56 Å². The van der Waals surface area contributed by atoms with Gasteiger partial charge in [-0.3, -0.25) is 4.98 Å². The topological polar surface area (TPSA) is 69.7 Å². The molecule has 1 aliphatic heterocycles. The predicted molar refractivity (Wildman–Crippen MR) is 123 cm³/mol. The fourth-order valence-corrected chi connectivity index (χ4v) is 3.36. The van der Waals surface area contributed by atoms with Gasteiger partial charge in [0.15, 0.2) is 0 Å². The highest BCUT2D eigenvalue weighted by atomic mass is 35.5. The molecule has 1 aliphatic rings. The van der Waals surface area contributed by atoms with Crippen LogP contribution in [0.3, 0.4) is 0 Å². The first kappa shape index (κ1) is 23.6. The molecule has 1 fully saturated rings. The van der Waals surface area contributed by atoms with Crippen molar-refractivity contribution in [1.29, 1.82) is 0 Å². The van der Waals surface area contributed by atoms with Crippen LogP contribution in [0.4, 0.5) is 4.79 Å². The molecule has 31 heavy (non-hydrogen) atoms. The van der Waals surface area contributed by atoms with E-state index in [1.165, 1.54) is 12.4 Å². The number of aromatic nitrogens is 1. The molecule has 9 heteroatoms. The van der Waals surface area contributed by atoms with Crippen LogP contribution in [-0.4, -0.2) is 35.9 Å². The number of nitrogens with one attached hydrogen (secondary N) is 1. The van der Waals surface area contributed by atoms with Gasteiger partial charge in [-0.05, 0) is 38.7 Å². The second kappa shape index (κ2) is 9.61. The standard InChI is InChI=1S/C22H25BCl2N2O4/c1-21(2)22(3,4)31-23(30-21)16(10-17-18(24)12-26-13-19(17)25)11-27-20(28)29-14-15-8-6-5-7-9-15/h5-10,12-13H,11,14H2,1-4H3,(H,27,28). The van der Waals surface area contributed by atoms with E-state index in [-0.39, 0.29) is 13.2 Å². The molecule has 0 unspecified atom stereocenters. The van der Waals surface area contributed by atoms with Gasteiger partial charge in [0.05, 0.1) is 21.2 Å². The Balaban J connectivity index is 1.77. The van der Waals surface area contributed by atoms with Crippen LogP contribution < -0.4 is 5.32 Å². The van der Waals surface area contributed by atoms with Crippen LogP contribution in [-0.2, 0) is 20.7 Å². The average Bonchev–Trinajstić information content (AvgIpc) is 2.93. The molecule has 0 atom stereocenters. The van der Waals surface area contributed by atoms with Crippen LogP contribution in [0.1, 0.15) is 38.8 Å². The minimum atomic E-state index is -0.695. The van der Waals surface area contributed by atoms with Crippen molar-refractivity contribution in [1.82, 2.24) is 10.3 Å². The van der Waals surface area contributed by atoms with E-state index in [1.807, 2.05) is 58.0 Å². The molecule has 1 saturated heterocycles. The van der Waals surface area contributed by atoms with Crippen molar-refractivity contribution in [3.05, 3.63) is 69.4 Å². The minimum absolute atomic E-state index is 0.124. The van der Waals surface area contributed by atoms with Crippen molar-refractivity contribution in [3.8, 4) is 0 Å². The van der Waals surface area contributed by atoms with Gasteiger partial charge in [-0.15, -0.1) is 0 Å². The molecule has 1 aromatic carbocycles. The number of halogens is 2. The first-order chi connectivity index (χ1) is 14.6. The van der Waals surface area contributed by atoms with Gasteiger partial charge in [0, 0.05) is 24.5 Å². The lowest BCUT2D eigenvalue weighted by Gasteiger charge is -2.32. The molecule has 1 amide bonds. The third-order valence-corrected chi connectivity index (χ3v) is 6.03. The molecule has 164 valence electrons. The number of nitrogens with zero attached hydrogens (tertiary/aromatic N) is 1. The van der Waals surface area contributed by atoms with Gasteiger partial charge < -0.3 is 19.4 Å². The van der Waals surface area contributed by atoms with Crippen molar-refractivity contribution in [2.75, 3.05) is 6.54 Å². The maximum atomic E-state index is 12.3. The lowest BCUT2D eigenvalue weighted by atomic mass is 9.77. The normalized spacial score (nSPS) is 17.5. The molecule has 0 radical (unpaired) electrons. The number of ether oxygens (including phenoxy) is 1. The number of hydrogen-bond donors (Lipinski definition) is 1. The van der Waals surface area contributed by atoms with E-state index in [9.17, 15) is 4.79 Å². The Bertz CT molecular complexity index is 931. The smallest absolute Gasteiger partial charge is 0.445 e. The monoisotopic (exact) mass is 462 g/mol. The van der Waals surface area contributed by atoms with Gasteiger partial charge in [-0.2, -0.15) is 0 Å². The number of rotatable bonds is 6. The highest BCUT2D eigenvalue weighted by Crippen LogP contribution is 2.39. The van der Waals surface area contributed by atoms with Crippen LogP contribution in [0.2, 0.25) is 10.0 Å². The van der Waals surface area contributed by atoms with Gasteiger partial charge in [-0.1, -0.05) is 59.6 Å². The van der Waals surface area contributed by atoms with Crippen molar-refractivity contribution in [3.63, 3.8) is 0 Å². The lowest BCUT2D eigenvalue weighted by Crippen LogP contribution is -2.41. The number of hydrogen-bond acceptors (Lipinski definition) is 5. The van der Waals surface area contributed by atoms with E-state index < -0.39 is 24.4 Å². The molecule has 0 spiro atoms. The summed E-state index contributed by atoms with van der Waals surface area (Å²) in [6.07, 6.45) is 4.20. The van der Waals surface area contributed by atoms with E-state index in [2.05, 4.69) is 10.3 Å². The number of amides is 1. The summed E-state index contributed by atoms with van der Waals surface area (Å²) in [5.74, 6) is 0. The van der Waals surface area contributed by atoms with Crippen LogP contribution in [0.25, 0.3) is 6.08 Å². The summed E-state index contributed by atoms with van der Waals surface area (Å²) in [5, 5.41) is 3.52. The zero-order valence-electron chi connectivity index (χ0n) is 17.9. The molecule has 0 aliphatic carbocycles. The summed E-state index contributed by atoms with van der Waals surface area (Å²) in [4.78, 5) is 16.2. The van der Waals surface area contributed by atoms with Crippen molar-refractivity contribution < 1.29 is 18.8 Å². The Morgan fingerprint density at radius 3 is 2.26 bits per heavy atom. The molecule has 6 nitrogen and oxygen atoms in total. The van der Waals surface area contributed by atoms with Gasteiger partial charge in [0.2, 0.25) is 0 Å². The largest absolute Gasteiger partial charge is 0.492 e. The molecule has 2 aromatic rings. The van der Waals surface area contributed by atoms with Gasteiger partial charge in [0.25, 0.3) is 0 Å². The molecule has 1 aromatic heterocycles. The fraction of sp³-hybridized carbons (Fsp3) is 0.364. The van der Waals surface area contributed by atoms with Crippen LogP contribution in [0.15, 0.2) is 48.2 Å². The van der Waals surface area contributed by atoms with Gasteiger partial charge >= 0.3 is 13.2 Å². The van der Waals surface area contributed by atoms with Gasteiger partial charge in [-0.25, -0.2) is 4.79 Å². The molecule has 2 heterocycles. The van der Waals surface area contributed by atoms with Crippen molar-refractivity contribution in [2.45, 2.75) is 45.5 Å². The van der Waals surface area contributed by atoms with E-state index in [4.69, 9.17) is 37.2 Å². The first-order valence-corrected chi connectivity index (χ1v) is 10.6. The molecule has 3 rings (SSSR count). The van der Waals surface area contributed by atoms with E-state index in [0.29, 0.717) is 21.1 Å². The third kappa shape index (κ3) is 5.80. The minimum Gasteiger partial charge on any atom is -0.445 e. The molecular formula is C22H25BCl2N2O4. The number of pyridine rings is 1. The van der Waals surface area contributed by atoms with Crippen LogP contribution in [0.5, 0.6) is 0 Å².